The van der Waals surface area contributed by atoms with Gasteiger partial charge in [-0.05, 0) is 59.3 Å². The van der Waals surface area contributed by atoms with Gasteiger partial charge in [0.2, 0.25) is 0 Å². The Morgan fingerprint density at radius 3 is 2.07 bits per heavy atom. The van der Waals surface area contributed by atoms with Crippen LogP contribution in [0.3, 0.4) is 0 Å². The third-order valence-electron chi connectivity index (χ3n) is 5.38. The molecule has 158 valence electrons. The molecule has 1 aromatic heterocycles. The molecule has 0 aliphatic rings. The summed E-state index contributed by atoms with van der Waals surface area (Å²) in [6, 6.07) is 0. The lowest BCUT2D eigenvalue weighted by molar-refractivity contribution is -0.0647. The van der Waals surface area contributed by atoms with E-state index in [0.29, 0.717) is 6.61 Å². The average molecular weight is 382 g/mol. The lowest BCUT2D eigenvalue weighted by Crippen LogP contribution is -2.34. The molecule has 1 unspecified atom stereocenters. The van der Waals surface area contributed by atoms with Gasteiger partial charge in [0.25, 0.3) is 0 Å². The van der Waals surface area contributed by atoms with Crippen LogP contribution in [0.25, 0.3) is 0 Å². The van der Waals surface area contributed by atoms with E-state index in [1.54, 1.807) is 0 Å². The second kappa shape index (κ2) is 9.04. The molecular formula is C22H43N3O2. The Kier molecular flexibility index (Phi) is 8.07. The van der Waals surface area contributed by atoms with Crippen molar-refractivity contribution in [1.29, 1.82) is 0 Å². The second-order valence-corrected chi connectivity index (χ2v) is 10.5. The van der Waals surface area contributed by atoms with Gasteiger partial charge in [0.15, 0.2) is 0 Å². The van der Waals surface area contributed by atoms with Crippen molar-refractivity contribution in [1.82, 2.24) is 15.0 Å². The van der Waals surface area contributed by atoms with Crippen LogP contribution in [0, 0.1) is 5.41 Å². The zero-order valence-electron chi connectivity index (χ0n) is 19.5. The van der Waals surface area contributed by atoms with Crippen LogP contribution in [0.15, 0.2) is 6.20 Å². The van der Waals surface area contributed by atoms with Crippen LogP contribution in [-0.2, 0) is 21.4 Å². The van der Waals surface area contributed by atoms with Gasteiger partial charge in [0.1, 0.15) is 0 Å². The SMILES string of the molecule is CCC(C)(C)OCCC(C)(C)n1cc(CC(C)(CC)OCC(C)(C)C)nn1. The van der Waals surface area contributed by atoms with E-state index in [9.17, 15) is 0 Å². The van der Waals surface area contributed by atoms with Crippen molar-refractivity contribution in [3.05, 3.63) is 11.9 Å². The molecule has 0 radical (unpaired) electrons. The molecule has 1 atom stereocenters. The maximum absolute atomic E-state index is 6.26. The number of aromatic nitrogens is 3. The number of hydrogen-bond acceptors (Lipinski definition) is 4. The Balaban J connectivity index is 2.72. The molecule has 0 saturated carbocycles. The molecule has 0 saturated heterocycles. The van der Waals surface area contributed by atoms with E-state index in [2.05, 4.69) is 85.7 Å². The average Bonchev–Trinajstić information content (AvgIpc) is 3.01. The minimum Gasteiger partial charge on any atom is -0.375 e. The predicted octanol–water partition coefficient (Wildman–Crippen LogP) is 5.38. The van der Waals surface area contributed by atoms with Gasteiger partial charge >= 0.3 is 0 Å². The van der Waals surface area contributed by atoms with E-state index in [1.807, 2.05) is 4.68 Å². The maximum Gasteiger partial charge on any atom is 0.0856 e. The Morgan fingerprint density at radius 1 is 0.926 bits per heavy atom. The molecule has 0 aliphatic carbocycles. The Bertz CT molecular complexity index is 572. The fraction of sp³-hybridized carbons (Fsp3) is 0.909. The third-order valence-corrected chi connectivity index (χ3v) is 5.38. The van der Waals surface area contributed by atoms with Crippen molar-refractivity contribution in [2.24, 2.45) is 5.41 Å². The quantitative estimate of drug-likeness (QED) is 0.516. The summed E-state index contributed by atoms with van der Waals surface area (Å²) in [4.78, 5) is 0. The van der Waals surface area contributed by atoms with Crippen LogP contribution in [0.5, 0.6) is 0 Å². The molecule has 1 aromatic rings. The smallest absolute Gasteiger partial charge is 0.0856 e. The minimum absolute atomic E-state index is 0.0725. The zero-order chi connectivity index (χ0) is 20.9. The first-order valence-corrected chi connectivity index (χ1v) is 10.4. The van der Waals surface area contributed by atoms with Crippen LogP contribution >= 0.6 is 0 Å². The van der Waals surface area contributed by atoms with E-state index in [4.69, 9.17) is 9.47 Å². The summed E-state index contributed by atoms with van der Waals surface area (Å²) >= 11 is 0. The summed E-state index contributed by atoms with van der Waals surface area (Å²) in [5.74, 6) is 0. The fourth-order valence-electron chi connectivity index (χ4n) is 2.52. The summed E-state index contributed by atoms with van der Waals surface area (Å²) in [5, 5.41) is 8.83. The summed E-state index contributed by atoms with van der Waals surface area (Å²) in [6.45, 7) is 23.2. The van der Waals surface area contributed by atoms with Gasteiger partial charge in [-0.15, -0.1) is 5.10 Å². The monoisotopic (exact) mass is 381 g/mol. The second-order valence-electron chi connectivity index (χ2n) is 10.5. The molecular weight excluding hydrogens is 338 g/mol. The van der Waals surface area contributed by atoms with Gasteiger partial charge in [-0.3, -0.25) is 0 Å². The van der Waals surface area contributed by atoms with Gasteiger partial charge in [-0.2, -0.15) is 0 Å². The number of ether oxygens (including phenoxy) is 2. The van der Waals surface area contributed by atoms with Crippen molar-refractivity contribution >= 4 is 0 Å². The minimum atomic E-state index is -0.216. The van der Waals surface area contributed by atoms with E-state index in [-0.39, 0.29) is 22.2 Å². The Morgan fingerprint density at radius 2 is 1.56 bits per heavy atom. The van der Waals surface area contributed by atoms with E-state index < -0.39 is 0 Å². The van der Waals surface area contributed by atoms with Crippen molar-refractivity contribution in [3.63, 3.8) is 0 Å². The molecule has 1 heterocycles. The zero-order valence-corrected chi connectivity index (χ0v) is 19.5. The highest BCUT2D eigenvalue weighted by Gasteiger charge is 2.29. The van der Waals surface area contributed by atoms with Gasteiger partial charge in [0, 0.05) is 19.2 Å². The molecule has 0 bridgehead atoms. The van der Waals surface area contributed by atoms with Crippen molar-refractivity contribution in [2.45, 2.75) is 112 Å². The first-order chi connectivity index (χ1) is 12.2. The summed E-state index contributed by atoms with van der Waals surface area (Å²) in [6.07, 6.45) is 5.68. The maximum atomic E-state index is 6.26. The van der Waals surface area contributed by atoms with Crippen LogP contribution in [0.4, 0.5) is 0 Å². The number of hydrogen-bond donors (Lipinski definition) is 0. The third kappa shape index (κ3) is 8.30. The van der Waals surface area contributed by atoms with E-state index in [1.165, 1.54) is 0 Å². The normalized spacial score (nSPS) is 15.8. The fourth-order valence-corrected chi connectivity index (χ4v) is 2.52. The van der Waals surface area contributed by atoms with E-state index in [0.717, 1.165) is 38.0 Å². The van der Waals surface area contributed by atoms with Gasteiger partial charge in [-0.25, -0.2) is 4.68 Å². The van der Waals surface area contributed by atoms with Crippen molar-refractivity contribution in [3.8, 4) is 0 Å². The lowest BCUT2D eigenvalue weighted by atomic mass is 9.94. The molecule has 1 rings (SSSR count). The van der Waals surface area contributed by atoms with Crippen LogP contribution in [0.2, 0.25) is 0 Å². The topological polar surface area (TPSA) is 49.2 Å². The standard InChI is InChI=1S/C22H43N3O2/c1-11-21(8,9)26-14-13-20(6,7)25-16-18(23-24-25)15-22(10,12-2)27-17-19(3,4)5/h16H,11-15,17H2,1-10H3. The molecule has 0 spiro atoms. The first kappa shape index (κ1) is 24.1. The molecule has 0 aliphatic heterocycles. The molecule has 0 amide bonds. The molecule has 27 heavy (non-hydrogen) atoms. The van der Waals surface area contributed by atoms with Gasteiger partial charge in [-0.1, -0.05) is 39.8 Å². The summed E-state index contributed by atoms with van der Waals surface area (Å²) < 4.78 is 14.3. The van der Waals surface area contributed by atoms with Gasteiger partial charge < -0.3 is 9.47 Å². The van der Waals surface area contributed by atoms with Crippen LogP contribution in [0.1, 0.15) is 94.2 Å². The molecule has 0 fully saturated rings. The highest BCUT2D eigenvalue weighted by atomic mass is 16.5. The number of nitrogens with zero attached hydrogens (tertiary/aromatic N) is 3. The summed E-state index contributed by atoms with van der Waals surface area (Å²) in [5.41, 5.74) is 0.714. The van der Waals surface area contributed by atoms with Crippen molar-refractivity contribution < 1.29 is 9.47 Å². The molecule has 5 heteroatoms. The van der Waals surface area contributed by atoms with Gasteiger partial charge in [0.05, 0.1) is 29.0 Å². The lowest BCUT2D eigenvalue weighted by Gasteiger charge is -2.32. The molecule has 5 nitrogen and oxygen atoms in total. The largest absolute Gasteiger partial charge is 0.375 e. The Hall–Kier alpha value is -0.940. The molecule has 0 N–H and O–H groups in total. The van der Waals surface area contributed by atoms with Crippen molar-refractivity contribution in [2.75, 3.05) is 13.2 Å². The molecule has 0 aromatic carbocycles. The Labute approximate surface area is 167 Å². The highest BCUT2D eigenvalue weighted by molar-refractivity contribution is 5.01. The first-order valence-electron chi connectivity index (χ1n) is 10.4. The number of rotatable bonds is 11. The van der Waals surface area contributed by atoms with E-state index >= 15 is 0 Å². The van der Waals surface area contributed by atoms with Crippen LogP contribution < -0.4 is 0 Å². The highest BCUT2D eigenvalue weighted by Crippen LogP contribution is 2.26. The van der Waals surface area contributed by atoms with Crippen LogP contribution in [-0.4, -0.2) is 39.4 Å². The predicted molar refractivity (Wildman–Crippen MR) is 112 cm³/mol. The summed E-state index contributed by atoms with van der Waals surface area (Å²) in [7, 11) is 0.